The molecule has 1 aliphatic rings. The Morgan fingerprint density at radius 2 is 1.50 bits per heavy atom. The van der Waals surface area contributed by atoms with E-state index in [-0.39, 0.29) is 6.90 Å². The van der Waals surface area contributed by atoms with E-state index in [0.29, 0.717) is 0 Å². The maximum Gasteiger partial charge on any atom is 0 e. The van der Waals surface area contributed by atoms with Crippen LogP contribution in [0.2, 0.25) is 0 Å². The van der Waals surface area contributed by atoms with Crippen molar-refractivity contribution >= 4 is 0 Å². The maximum absolute atomic E-state index is 2.46. The molecule has 20 heavy (non-hydrogen) atoms. The highest BCUT2D eigenvalue weighted by molar-refractivity contribution is 4.98. The molecule has 0 amide bonds. The van der Waals surface area contributed by atoms with Gasteiger partial charge in [-0.25, -0.2) is 0 Å². The van der Waals surface area contributed by atoms with E-state index in [9.17, 15) is 0 Å². The Bertz CT molecular complexity index is 163. The van der Waals surface area contributed by atoms with Gasteiger partial charge in [0.05, 0.1) is 0 Å². The van der Waals surface area contributed by atoms with Crippen LogP contribution in [-0.2, 0) is 0 Å². The molecule has 1 nitrogen and oxygen atoms in total. The van der Waals surface area contributed by atoms with Gasteiger partial charge in [0.2, 0.25) is 0 Å². The molecule has 0 aromatic carbocycles. The Morgan fingerprint density at radius 3 is 1.90 bits per heavy atom. The van der Waals surface area contributed by atoms with Crippen LogP contribution in [0.25, 0.3) is 0 Å². The summed E-state index contributed by atoms with van der Waals surface area (Å²) in [6, 6.07) is 0. The molecular formula is C19H46O. The molecule has 0 radical (unpaired) electrons. The average Bonchev–Trinajstić information content (AvgIpc) is 3.32. The van der Waals surface area contributed by atoms with Crippen molar-refractivity contribution in [3.8, 4) is 0 Å². The van der Waals surface area contributed by atoms with Crippen molar-refractivity contribution in [1.29, 1.82) is 0 Å². The monoisotopic (exact) mass is 290 g/mol. The quantitative estimate of drug-likeness (QED) is 0.350. The van der Waals surface area contributed by atoms with Crippen molar-refractivity contribution in [2.24, 2.45) is 5.92 Å². The molecule has 0 aromatic rings. The lowest BCUT2D eigenvalue weighted by molar-refractivity contribution is 0.704. The van der Waals surface area contributed by atoms with Gasteiger partial charge in [-0.05, 0) is 38.5 Å². The minimum Gasteiger partial charge on any atom is -0.412 e. The Morgan fingerprint density at radius 1 is 1.00 bits per heavy atom. The molecule has 0 bridgehead atoms. The second-order valence-corrected chi connectivity index (χ2v) is 4.53. The standard InChI is InChI=1S/C13H24.3C2H6.H2O.H2/c1-3-4-5-6-7-12(2)8-9-13-10-11-13;3*1-2;;/h7,13H,3-6,8-11H2,1-2H3;3*1-2H3;1H2;1H/b12-7-;;;;;. The van der Waals surface area contributed by atoms with Crippen molar-refractivity contribution in [3.63, 3.8) is 0 Å². The zero-order valence-electron chi connectivity index (χ0n) is 15.8. The van der Waals surface area contributed by atoms with E-state index in [2.05, 4.69) is 19.9 Å². The van der Waals surface area contributed by atoms with Gasteiger partial charge in [0.1, 0.15) is 0 Å². The summed E-state index contributed by atoms with van der Waals surface area (Å²) < 4.78 is 0. The van der Waals surface area contributed by atoms with E-state index in [0.717, 1.165) is 5.92 Å². The largest absolute Gasteiger partial charge is 0.412 e. The summed E-state index contributed by atoms with van der Waals surface area (Å²) in [6.07, 6.45) is 13.7. The molecule has 0 aromatic heterocycles. The topological polar surface area (TPSA) is 31.5 Å². The summed E-state index contributed by atoms with van der Waals surface area (Å²) in [5, 5.41) is 0. The van der Waals surface area contributed by atoms with Crippen LogP contribution < -0.4 is 0 Å². The average molecular weight is 291 g/mol. The molecule has 0 atom stereocenters. The van der Waals surface area contributed by atoms with Gasteiger partial charge in [0, 0.05) is 1.43 Å². The van der Waals surface area contributed by atoms with Crippen molar-refractivity contribution in [2.75, 3.05) is 0 Å². The highest BCUT2D eigenvalue weighted by Crippen LogP contribution is 2.34. The van der Waals surface area contributed by atoms with Crippen LogP contribution in [0.3, 0.4) is 0 Å². The first-order valence-corrected chi connectivity index (χ1v) is 8.98. The first-order chi connectivity index (χ1) is 9.33. The first-order valence-electron chi connectivity index (χ1n) is 8.98. The molecule has 1 fully saturated rings. The van der Waals surface area contributed by atoms with Crippen LogP contribution in [0.5, 0.6) is 0 Å². The van der Waals surface area contributed by atoms with Crippen LogP contribution in [0.4, 0.5) is 0 Å². The van der Waals surface area contributed by atoms with Crippen LogP contribution in [0.1, 0.15) is 108 Å². The lowest BCUT2D eigenvalue weighted by Gasteiger charge is -2.00. The number of unbranched alkanes of at least 4 members (excludes halogenated alkanes) is 3. The van der Waals surface area contributed by atoms with Gasteiger partial charge in [-0.2, -0.15) is 0 Å². The third-order valence-electron chi connectivity index (χ3n) is 2.94. The SMILES string of the molecule is CC.CC.CC.CCCCC/C=C(/C)CCC1CC1.O.[HH]. The summed E-state index contributed by atoms with van der Waals surface area (Å²) in [5.74, 6) is 1.10. The van der Waals surface area contributed by atoms with E-state index in [1.54, 1.807) is 5.57 Å². The summed E-state index contributed by atoms with van der Waals surface area (Å²) in [6.45, 7) is 16.6. The normalized spacial score (nSPS) is 12.5. The smallest absolute Gasteiger partial charge is 0 e. The van der Waals surface area contributed by atoms with Crippen molar-refractivity contribution in [2.45, 2.75) is 107 Å². The maximum atomic E-state index is 2.46. The Labute approximate surface area is 132 Å². The van der Waals surface area contributed by atoms with Gasteiger partial charge in [0.25, 0.3) is 0 Å². The Hall–Kier alpha value is -0.300. The predicted molar refractivity (Wildman–Crippen MR) is 99.6 cm³/mol. The van der Waals surface area contributed by atoms with Gasteiger partial charge < -0.3 is 5.48 Å². The fraction of sp³-hybridized carbons (Fsp3) is 0.895. The van der Waals surface area contributed by atoms with Crippen LogP contribution in [0.15, 0.2) is 11.6 Å². The van der Waals surface area contributed by atoms with E-state index in [4.69, 9.17) is 0 Å². The second-order valence-electron chi connectivity index (χ2n) is 4.53. The molecule has 2 N–H and O–H groups in total. The van der Waals surface area contributed by atoms with Crippen LogP contribution >= 0.6 is 0 Å². The third kappa shape index (κ3) is 26.3. The summed E-state index contributed by atoms with van der Waals surface area (Å²) >= 11 is 0. The molecule has 0 aliphatic heterocycles. The molecule has 1 heteroatoms. The van der Waals surface area contributed by atoms with Gasteiger partial charge >= 0.3 is 0 Å². The molecule has 0 saturated heterocycles. The summed E-state index contributed by atoms with van der Waals surface area (Å²) in [4.78, 5) is 0. The molecule has 128 valence electrons. The Kier molecular flexibility index (Phi) is 37.9. The minimum atomic E-state index is 0. The number of rotatable bonds is 7. The molecule has 1 aliphatic carbocycles. The fourth-order valence-electron chi connectivity index (χ4n) is 1.68. The Balaban J connectivity index is -0.0000000951. The summed E-state index contributed by atoms with van der Waals surface area (Å²) in [5.41, 5.74) is 1.63. The third-order valence-corrected chi connectivity index (χ3v) is 2.94. The number of hydrogen-bond acceptors (Lipinski definition) is 0. The zero-order valence-corrected chi connectivity index (χ0v) is 15.8. The molecule has 0 unspecified atom stereocenters. The number of allylic oxidation sites excluding steroid dienone is 2. The minimum absolute atomic E-state index is 0. The first kappa shape index (κ1) is 27.9. The molecule has 0 heterocycles. The molecule has 1 saturated carbocycles. The second kappa shape index (κ2) is 27.1. The van der Waals surface area contributed by atoms with Gasteiger partial charge in [-0.3, -0.25) is 0 Å². The van der Waals surface area contributed by atoms with Crippen LogP contribution in [0, 0.1) is 5.92 Å². The predicted octanol–water partition coefficient (Wildman–Crippen LogP) is 7.20. The zero-order chi connectivity index (χ0) is 15.5. The molecule has 1 rings (SSSR count). The summed E-state index contributed by atoms with van der Waals surface area (Å²) in [7, 11) is 0. The van der Waals surface area contributed by atoms with E-state index in [1.165, 1.54) is 51.4 Å². The lowest BCUT2D eigenvalue weighted by Crippen LogP contribution is -1.81. The van der Waals surface area contributed by atoms with Crippen molar-refractivity contribution < 1.29 is 6.90 Å². The van der Waals surface area contributed by atoms with Gasteiger partial charge in [-0.15, -0.1) is 0 Å². The van der Waals surface area contributed by atoms with E-state index >= 15 is 0 Å². The molecular weight excluding hydrogens is 244 g/mol. The lowest BCUT2D eigenvalue weighted by atomic mass is 10.1. The highest BCUT2D eigenvalue weighted by Gasteiger charge is 2.20. The van der Waals surface area contributed by atoms with E-state index in [1.807, 2.05) is 41.5 Å². The van der Waals surface area contributed by atoms with Crippen molar-refractivity contribution in [3.05, 3.63) is 11.6 Å². The van der Waals surface area contributed by atoms with Crippen LogP contribution in [-0.4, -0.2) is 5.48 Å². The van der Waals surface area contributed by atoms with Gasteiger partial charge in [-0.1, -0.05) is 85.8 Å². The van der Waals surface area contributed by atoms with Gasteiger partial charge in [0.15, 0.2) is 0 Å². The highest BCUT2D eigenvalue weighted by atomic mass is 16.0. The fourth-order valence-corrected chi connectivity index (χ4v) is 1.68. The molecule has 0 spiro atoms. The number of hydrogen-bond donors (Lipinski definition) is 0. The van der Waals surface area contributed by atoms with E-state index < -0.39 is 0 Å². The van der Waals surface area contributed by atoms with Crippen molar-refractivity contribution in [1.82, 2.24) is 0 Å².